The lowest BCUT2D eigenvalue weighted by atomic mass is 10.1. The normalized spacial score (nSPS) is 40.9. The first kappa shape index (κ1) is 5.73. The predicted octanol–water partition coefficient (Wildman–Crippen LogP) is 2.19. The Hall–Kier alpha value is 0.600. The van der Waals surface area contributed by atoms with Crippen LogP contribution in [0.2, 0.25) is 0 Å². The molecular formula is C6H11I. The molecule has 1 aliphatic rings. The van der Waals surface area contributed by atoms with Crippen LogP contribution >= 0.6 is 20.7 Å². The van der Waals surface area contributed by atoms with Crippen LogP contribution < -0.4 is 0 Å². The third kappa shape index (κ3) is 1.24. The molecule has 42 valence electrons. The van der Waals surface area contributed by atoms with Crippen LogP contribution in [0.25, 0.3) is 0 Å². The summed E-state index contributed by atoms with van der Waals surface area (Å²) in [6.45, 7) is 4.73. The molecule has 2 atom stereocenters. The summed E-state index contributed by atoms with van der Waals surface area (Å²) in [5.74, 6) is 1.01. The van der Waals surface area contributed by atoms with Gasteiger partial charge in [-0.3, -0.25) is 0 Å². The van der Waals surface area contributed by atoms with E-state index in [4.69, 9.17) is 0 Å². The summed E-state index contributed by atoms with van der Waals surface area (Å²) in [6.07, 6.45) is 1.40. The highest BCUT2D eigenvalue weighted by Crippen LogP contribution is 2.26. The lowest BCUT2D eigenvalue weighted by molar-refractivity contribution is 0.631. The van der Waals surface area contributed by atoms with E-state index in [9.17, 15) is 0 Å². The first-order chi connectivity index (χ1) is 3.30. The smallest absolute Gasteiger partial charge is 0.00597 e. The van der Waals surface area contributed by atoms with E-state index in [2.05, 4.69) is 17.9 Å². The summed E-state index contributed by atoms with van der Waals surface area (Å²) >= 11 is 0.514. The van der Waals surface area contributed by atoms with Crippen LogP contribution in [0.3, 0.4) is 0 Å². The van der Waals surface area contributed by atoms with Gasteiger partial charge in [0.1, 0.15) is 0 Å². The Balaban J connectivity index is 2.45. The zero-order valence-electron chi connectivity index (χ0n) is 4.82. The monoisotopic (exact) mass is 210 g/mol. The fraction of sp³-hybridized carbons (Fsp3) is 0.833. The quantitative estimate of drug-likeness (QED) is 0.424. The second-order valence-corrected chi connectivity index (χ2v) is 5.74. The van der Waals surface area contributed by atoms with E-state index in [0.717, 1.165) is 9.84 Å². The molecule has 0 amide bonds. The predicted molar refractivity (Wildman–Crippen MR) is 43.3 cm³/mol. The molecule has 0 saturated heterocycles. The van der Waals surface area contributed by atoms with Crippen molar-refractivity contribution in [1.29, 1.82) is 0 Å². The molecular weight excluding hydrogens is 199 g/mol. The Kier molecular flexibility index (Phi) is 1.84. The molecule has 0 fully saturated rings. The maximum absolute atomic E-state index is 2.51. The van der Waals surface area contributed by atoms with Crippen LogP contribution in [0.5, 0.6) is 0 Å². The van der Waals surface area contributed by atoms with E-state index in [1.807, 2.05) is 0 Å². The first-order valence-corrected chi connectivity index (χ1v) is 5.23. The summed E-state index contributed by atoms with van der Waals surface area (Å²) in [5.41, 5.74) is 0. The van der Waals surface area contributed by atoms with E-state index < -0.39 is 0 Å². The zero-order valence-corrected chi connectivity index (χ0v) is 6.97. The fourth-order valence-electron chi connectivity index (χ4n) is 0.644. The maximum Gasteiger partial charge on any atom is 0.00597 e. The van der Waals surface area contributed by atoms with Gasteiger partial charge in [0.15, 0.2) is 0 Å². The van der Waals surface area contributed by atoms with Gasteiger partial charge in [-0.2, -0.15) is 0 Å². The summed E-state index contributed by atoms with van der Waals surface area (Å²) in [7, 11) is 0. The van der Waals surface area contributed by atoms with Gasteiger partial charge >= 0.3 is 0 Å². The number of hydrogen-bond donors (Lipinski definition) is 0. The highest BCUT2D eigenvalue weighted by Gasteiger charge is 2.12. The minimum absolute atomic E-state index is 0.514. The Morgan fingerprint density at radius 3 is 2.43 bits per heavy atom. The van der Waals surface area contributed by atoms with Crippen molar-refractivity contribution in [2.75, 3.05) is 0 Å². The molecule has 1 aliphatic heterocycles. The van der Waals surface area contributed by atoms with Crippen molar-refractivity contribution in [1.82, 2.24) is 0 Å². The average Bonchev–Trinajstić information content (AvgIpc) is 1.91. The molecule has 0 aromatic heterocycles. The van der Waals surface area contributed by atoms with Crippen molar-refractivity contribution in [2.24, 2.45) is 5.92 Å². The molecule has 2 unspecified atom stereocenters. The minimum atomic E-state index is 0.514. The summed E-state index contributed by atoms with van der Waals surface area (Å²) < 4.78 is 3.58. The minimum Gasteiger partial charge on any atom is -0.124 e. The third-order valence-electron chi connectivity index (χ3n) is 1.53. The Morgan fingerprint density at radius 1 is 1.57 bits per heavy atom. The van der Waals surface area contributed by atoms with Crippen LogP contribution in [0.15, 0.2) is 0 Å². The molecule has 0 spiro atoms. The van der Waals surface area contributed by atoms with Gasteiger partial charge in [0.25, 0.3) is 0 Å². The Bertz CT molecular complexity index is 86.2. The van der Waals surface area contributed by atoms with Crippen molar-refractivity contribution >= 4 is 24.7 Å². The molecule has 0 N–H and O–H groups in total. The standard InChI is InChI=1S/C6H11I/c1-5-3-4-7-6(5)2/h4-6H,3H2,1-2H3. The lowest BCUT2D eigenvalue weighted by Crippen LogP contribution is -2.00. The molecule has 0 aromatic carbocycles. The van der Waals surface area contributed by atoms with E-state index >= 15 is 0 Å². The lowest BCUT2D eigenvalue weighted by Gasteiger charge is -2.03. The van der Waals surface area contributed by atoms with Gasteiger partial charge in [-0.05, 0) is 12.3 Å². The fourth-order valence-corrected chi connectivity index (χ4v) is 3.54. The van der Waals surface area contributed by atoms with Gasteiger partial charge in [-0.15, -0.1) is 20.7 Å². The van der Waals surface area contributed by atoms with Crippen LogP contribution in [0, 0.1) is 5.92 Å². The van der Waals surface area contributed by atoms with E-state index in [1.54, 1.807) is 0 Å². The number of halogens is 1. The van der Waals surface area contributed by atoms with E-state index in [-0.39, 0.29) is 0 Å². The Morgan fingerprint density at radius 2 is 2.29 bits per heavy atom. The van der Waals surface area contributed by atoms with E-state index in [0.29, 0.717) is 20.7 Å². The van der Waals surface area contributed by atoms with Gasteiger partial charge in [0, 0.05) is 3.92 Å². The van der Waals surface area contributed by atoms with Crippen molar-refractivity contribution in [3.63, 3.8) is 0 Å². The van der Waals surface area contributed by atoms with Crippen molar-refractivity contribution in [3.8, 4) is 0 Å². The van der Waals surface area contributed by atoms with Gasteiger partial charge in [0.05, 0.1) is 0 Å². The largest absolute Gasteiger partial charge is 0.124 e. The molecule has 1 heterocycles. The van der Waals surface area contributed by atoms with Crippen molar-refractivity contribution in [2.45, 2.75) is 24.2 Å². The Labute approximate surface area is 55.1 Å². The second-order valence-electron chi connectivity index (χ2n) is 2.17. The molecule has 7 heavy (non-hydrogen) atoms. The highest BCUT2D eigenvalue weighted by atomic mass is 127. The zero-order chi connectivity index (χ0) is 5.28. The summed E-state index contributed by atoms with van der Waals surface area (Å²) in [4.78, 5) is 0. The number of rotatable bonds is 0. The van der Waals surface area contributed by atoms with Gasteiger partial charge in [-0.25, -0.2) is 0 Å². The first-order valence-electron chi connectivity index (χ1n) is 2.74. The van der Waals surface area contributed by atoms with E-state index in [1.165, 1.54) is 6.42 Å². The van der Waals surface area contributed by atoms with Crippen LogP contribution in [-0.2, 0) is 0 Å². The molecule has 0 nitrogen and oxygen atoms in total. The molecule has 0 saturated carbocycles. The maximum atomic E-state index is 2.51. The topological polar surface area (TPSA) is 0 Å². The molecule has 1 heteroatoms. The molecule has 0 aromatic rings. The summed E-state index contributed by atoms with van der Waals surface area (Å²) in [6, 6.07) is 0. The van der Waals surface area contributed by atoms with Gasteiger partial charge in [0.2, 0.25) is 0 Å². The van der Waals surface area contributed by atoms with Crippen LogP contribution in [0.4, 0.5) is 0 Å². The second kappa shape index (κ2) is 2.25. The van der Waals surface area contributed by atoms with Crippen molar-refractivity contribution in [3.05, 3.63) is 0 Å². The summed E-state index contributed by atoms with van der Waals surface area (Å²) in [5, 5.41) is 0. The SMILES string of the molecule is CC1CC=IC1C. The third-order valence-corrected chi connectivity index (χ3v) is 4.91. The van der Waals surface area contributed by atoms with Crippen LogP contribution in [0.1, 0.15) is 20.3 Å². The molecule has 1 rings (SSSR count). The number of alkyl halides is 1. The molecule has 0 aliphatic carbocycles. The van der Waals surface area contributed by atoms with Gasteiger partial charge < -0.3 is 0 Å². The van der Waals surface area contributed by atoms with Crippen LogP contribution in [-0.4, -0.2) is 7.94 Å². The number of hydrogen-bond acceptors (Lipinski definition) is 0. The average molecular weight is 210 g/mol. The molecule has 0 bridgehead atoms. The van der Waals surface area contributed by atoms with Gasteiger partial charge in [-0.1, -0.05) is 17.9 Å². The van der Waals surface area contributed by atoms with Crippen molar-refractivity contribution < 1.29 is 0 Å². The highest BCUT2D eigenvalue weighted by molar-refractivity contribution is 14.2. The molecule has 0 radical (unpaired) electrons.